The number of rotatable bonds is 8. The lowest BCUT2D eigenvalue weighted by Gasteiger charge is -2.23. The van der Waals surface area contributed by atoms with E-state index in [2.05, 4.69) is 4.72 Å². The molecule has 0 spiro atoms. The summed E-state index contributed by atoms with van der Waals surface area (Å²) in [4.78, 5) is 14.4. The molecule has 0 bridgehead atoms. The van der Waals surface area contributed by atoms with E-state index in [4.69, 9.17) is 23.2 Å². The van der Waals surface area contributed by atoms with Crippen molar-refractivity contribution < 1.29 is 13.2 Å². The van der Waals surface area contributed by atoms with E-state index in [0.717, 1.165) is 11.1 Å². The molecule has 0 aliphatic heterocycles. The smallest absolute Gasteiger partial charge is 0.242 e. The van der Waals surface area contributed by atoms with Gasteiger partial charge in [-0.1, -0.05) is 83.9 Å². The first-order valence-corrected chi connectivity index (χ1v) is 11.4. The Bertz CT molecular complexity index is 1070. The molecule has 1 amide bonds. The molecule has 0 heterocycles. The summed E-state index contributed by atoms with van der Waals surface area (Å²) in [6, 6.07) is 23.2. The molecular weight excluding hydrogens is 443 g/mol. The highest BCUT2D eigenvalue weighted by Crippen LogP contribution is 2.24. The second-order valence-corrected chi connectivity index (χ2v) is 9.20. The first-order valence-electron chi connectivity index (χ1n) is 9.15. The molecule has 0 radical (unpaired) electrons. The second-order valence-electron chi connectivity index (χ2n) is 6.62. The fourth-order valence-electron chi connectivity index (χ4n) is 2.87. The lowest BCUT2D eigenvalue weighted by molar-refractivity contribution is -0.131. The zero-order chi connectivity index (χ0) is 21.6. The average molecular weight is 463 g/mol. The van der Waals surface area contributed by atoms with Gasteiger partial charge in [-0.25, -0.2) is 13.1 Å². The van der Waals surface area contributed by atoms with E-state index in [1.165, 1.54) is 18.2 Å². The van der Waals surface area contributed by atoms with Gasteiger partial charge in [-0.15, -0.1) is 0 Å². The third-order valence-electron chi connectivity index (χ3n) is 4.38. The molecule has 0 saturated carbocycles. The lowest BCUT2D eigenvalue weighted by Crippen LogP contribution is -2.39. The first-order chi connectivity index (χ1) is 14.3. The maximum atomic E-state index is 12.9. The molecular formula is C22H20Cl2N2O3S. The third-order valence-corrected chi connectivity index (χ3v) is 6.50. The van der Waals surface area contributed by atoms with Gasteiger partial charge >= 0.3 is 0 Å². The topological polar surface area (TPSA) is 66.5 Å². The summed E-state index contributed by atoms with van der Waals surface area (Å²) in [5, 5.41) is 0.269. The Hall–Kier alpha value is -2.38. The number of nitrogens with one attached hydrogen (secondary N) is 1. The third kappa shape index (κ3) is 6.06. The highest BCUT2D eigenvalue weighted by molar-refractivity contribution is 7.89. The van der Waals surface area contributed by atoms with Crippen molar-refractivity contribution >= 4 is 39.1 Å². The van der Waals surface area contributed by atoms with Crippen LogP contribution in [0.5, 0.6) is 0 Å². The molecule has 8 heteroatoms. The monoisotopic (exact) mass is 462 g/mol. The van der Waals surface area contributed by atoms with Crippen LogP contribution in [0.3, 0.4) is 0 Å². The number of nitrogens with zero attached hydrogens (tertiary/aromatic N) is 1. The summed E-state index contributed by atoms with van der Waals surface area (Å²) in [5.41, 5.74) is 1.89. The van der Waals surface area contributed by atoms with Crippen LogP contribution in [0.25, 0.3) is 0 Å². The number of carbonyl (C=O) groups excluding carboxylic acids is 1. The molecule has 3 aromatic carbocycles. The largest absolute Gasteiger partial charge is 0.333 e. The molecule has 0 aliphatic rings. The minimum atomic E-state index is -4.00. The zero-order valence-corrected chi connectivity index (χ0v) is 18.3. The van der Waals surface area contributed by atoms with E-state index >= 15 is 0 Å². The summed E-state index contributed by atoms with van der Waals surface area (Å²) in [6.45, 7) is 0.313. The fourth-order valence-corrected chi connectivity index (χ4v) is 4.60. The first kappa shape index (κ1) is 22.3. The molecule has 30 heavy (non-hydrogen) atoms. The van der Waals surface area contributed by atoms with Gasteiger partial charge in [0.25, 0.3) is 0 Å². The number of sulfonamides is 1. The summed E-state index contributed by atoms with van der Waals surface area (Å²) in [7, 11) is -4.00. The predicted octanol–water partition coefficient (Wildman–Crippen LogP) is 4.50. The molecule has 0 aromatic heterocycles. The zero-order valence-electron chi connectivity index (χ0n) is 16.0. The van der Waals surface area contributed by atoms with Crippen LogP contribution in [0.15, 0.2) is 83.8 Å². The van der Waals surface area contributed by atoms with Crippen molar-refractivity contribution in [2.24, 2.45) is 0 Å². The van der Waals surface area contributed by atoms with Crippen LogP contribution in [-0.2, 0) is 27.9 Å². The SMILES string of the molecule is O=C(CNS(=O)(=O)c1cc(Cl)ccc1Cl)N(Cc1ccccc1)Cc1ccccc1. The molecule has 0 saturated heterocycles. The number of hydrogen-bond donors (Lipinski definition) is 1. The Morgan fingerprint density at radius 1 is 0.833 bits per heavy atom. The van der Waals surface area contributed by atoms with Crippen LogP contribution in [-0.4, -0.2) is 25.8 Å². The van der Waals surface area contributed by atoms with E-state index < -0.39 is 16.6 Å². The van der Waals surface area contributed by atoms with Gasteiger partial charge in [0.2, 0.25) is 15.9 Å². The standard InChI is InChI=1S/C22H20Cl2N2O3S/c23-19-11-12-20(24)21(13-19)30(28,29)25-14-22(27)26(15-17-7-3-1-4-8-17)16-18-9-5-2-6-10-18/h1-13,25H,14-16H2. The van der Waals surface area contributed by atoms with Crippen molar-refractivity contribution in [1.82, 2.24) is 9.62 Å². The van der Waals surface area contributed by atoms with Crippen molar-refractivity contribution in [3.8, 4) is 0 Å². The molecule has 5 nitrogen and oxygen atoms in total. The van der Waals surface area contributed by atoms with Crippen LogP contribution in [0.1, 0.15) is 11.1 Å². The highest BCUT2D eigenvalue weighted by atomic mass is 35.5. The van der Waals surface area contributed by atoms with E-state index in [-0.39, 0.29) is 20.8 Å². The molecule has 0 fully saturated rings. The molecule has 3 rings (SSSR count). The van der Waals surface area contributed by atoms with Gasteiger partial charge in [0.05, 0.1) is 11.6 Å². The van der Waals surface area contributed by atoms with E-state index in [0.29, 0.717) is 13.1 Å². The van der Waals surface area contributed by atoms with Crippen molar-refractivity contribution in [1.29, 1.82) is 0 Å². The highest BCUT2D eigenvalue weighted by Gasteiger charge is 2.22. The van der Waals surface area contributed by atoms with Crippen molar-refractivity contribution in [3.63, 3.8) is 0 Å². The van der Waals surface area contributed by atoms with Gasteiger partial charge in [0.15, 0.2) is 0 Å². The number of hydrogen-bond acceptors (Lipinski definition) is 3. The Balaban J connectivity index is 1.76. The maximum Gasteiger partial charge on any atom is 0.242 e. The van der Waals surface area contributed by atoms with Gasteiger partial charge in [0.1, 0.15) is 4.90 Å². The van der Waals surface area contributed by atoms with Gasteiger partial charge in [0, 0.05) is 18.1 Å². The summed E-state index contributed by atoms with van der Waals surface area (Å²) >= 11 is 11.9. The minimum absolute atomic E-state index is 0.0322. The number of amides is 1. The number of carbonyl (C=O) groups is 1. The fraction of sp³-hybridized carbons (Fsp3) is 0.136. The summed E-state index contributed by atoms with van der Waals surface area (Å²) in [5.74, 6) is -0.357. The Morgan fingerprint density at radius 2 is 1.37 bits per heavy atom. The molecule has 156 valence electrons. The van der Waals surface area contributed by atoms with Crippen LogP contribution in [0.2, 0.25) is 10.0 Å². The molecule has 3 aromatic rings. The van der Waals surface area contributed by atoms with Gasteiger partial charge in [-0.05, 0) is 29.3 Å². The number of halogens is 2. The maximum absolute atomic E-state index is 12.9. The van der Waals surface area contributed by atoms with Crippen LogP contribution in [0.4, 0.5) is 0 Å². The molecule has 0 atom stereocenters. The molecule has 0 unspecified atom stereocenters. The summed E-state index contributed by atoms with van der Waals surface area (Å²) in [6.07, 6.45) is 0. The quantitative estimate of drug-likeness (QED) is 0.535. The number of benzene rings is 3. The Labute approximate surface area is 186 Å². The Morgan fingerprint density at radius 3 is 1.90 bits per heavy atom. The van der Waals surface area contributed by atoms with Crippen LogP contribution < -0.4 is 4.72 Å². The van der Waals surface area contributed by atoms with Crippen LogP contribution in [0, 0.1) is 0 Å². The normalized spacial score (nSPS) is 11.3. The average Bonchev–Trinajstić information content (AvgIpc) is 2.75. The van der Waals surface area contributed by atoms with Gasteiger partial charge < -0.3 is 4.90 Å². The van der Waals surface area contributed by atoms with Crippen molar-refractivity contribution in [2.75, 3.05) is 6.54 Å². The minimum Gasteiger partial charge on any atom is -0.333 e. The van der Waals surface area contributed by atoms with Crippen molar-refractivity contribution in [3.05, 3.63) is 100 Å². The Kier molecular flexibility index (Phi) is 7.50. The van der Waals surface area contributed by atoms with Crippen molar-refractivity contribution in [2.45, 2.75) is 18.0 Å². The van der Waals surface area contributed by atoms with Gasteiger partial charge in [-0.3, -0.25) is 4.79 Å². The van der Waals surface area contributed by atoms with E-state index in [1.54, 1.807) is 4.90 Å². The van der Waals surface area contributed by atoms with E-state index in [1.807, 2.05) is 60.7 Å². The van der Waals surface area contributed by atoms with Gasteiger partial charge in [-0.2, -0.15) is 0 Å². The summed E-state index contributed by atoms with van der Waals surface area (Å²) < 4.78 is 27.6. The van der Waals surface area contributed by atoms with E-state index in [9.17, 15) is 13.2 Å². The predicted molar refractivity (Wildman–Crippen MR) is 119 cm³/mol. The van der Waals surface area contributed by atoms with Crippen LogP contribution >= 0.6 is 23.2 Å². The lowest BCUT2D eigenvalue weighted by atomic mass is 10.1. The second kappa shape index (κ2) is 10.1. The molecule has 1 N–H and O–H groups in total. The molecule has 0 aliphatic carbocycles.